The number of hydrogen-bond acceptors (Lipinski definition) is 2. The predicted octanol–water partition coefficient (Wildman–Crippen LogP) is 2.10. The summed E-state index contributed by atoms with van der Waals surface area (Å²) in [5.41, 5.74) is 0.921. The molecule has 2 rings (SSSR count). The monoisotopic (exact) mass is 209 g/mol. The second kappa shape index (κ2) is 3.53. The first-order valence-corrected chi connectivity index (χ1v) is 4.81. The van der Waals surface area contributed by atoms with E-state index in [-0.39, 0.29) is 24.1 Å². The van der Waals surface area contributed by atoms with Crippen molar-refractivity contribution in [1.29, 1.82) is 0 Å². The first-order valence-electron chi connectivity index (χ1n) is 4.81. The van der Waals surface area contributed by atoms with Crippen molar-refractivity contribution in [3.8, 4) is 5.75 Å². The van der Waals surface area contributed by atoms with Crippen molar-refractivity contribution in [2.24, 2.45) is 5.92 Å². The largest absolute Gasteiger partial charge is 0.490 e. The molecule has 1 amide bonds. The van der Waals surface area contributed by atoms with Gasteiger partial charge < -0.3 is 10.1 Å². The minimum Gasteiger partial charge on any atom is -0.490 e. The molecule has 0 spiro atoms. The smallest absolute Gasteiger partial charge is 0.230 e. The number of anilines is 1. The second-order valence-corrected chi connectivity index (χ2v) is 3.82. The van der Waals surface area contributed by atoms with Gasteiger partial charge in [-0.25, -0.2) is 4.39 Å². The van der Waals surface area contributed by atoms with Crippen LogP contribution in [0.2, 0.25) is 0 Å². The topological polar surface area (TPSA) is 38.3 Å². The van der Waals surface area contributed by atoms with Crippen LogP contribution in [0.3, 0.4) is 0 Å². The van der Waals surface area contributed by atoms with E-state index in [1.807, 2.05) is 0 Å². The molecular weight excluding hydrogens is 197 g/mol. The van der Waals surface area contributed by atoms with Crippen LogP contribution in [-0.4, -0.2) is 12.5 Å². The molecule has 1 atom stereocenters. The van der Waals surface area contributed by atoms with Gasteiger partial charge in [0.05, 0.1) is 12.5 Å². The van der Waals surface area contributed by atoms with E-state index < -0.39 is 5.82 Å². The van der Waals surface area contributed by atoms with Gasteiger partial charge in [0, 0.05) is 0 Å². The molecule has 0 saturated carbocycles. The summed E-state index contributed by atoms with van der Waals surface area (Å²) in [7, 11) is 0. The first-order chi connectivity index (χ1) is 7.08. The van der Waals surface area contributed by atoms with Crippen LogP contribution in [0.5, 0.6) is 5.75 Å². The standard InChI is InChI=1S/C11H12FNO2/c1-6-3-8(12)10-9(4-6)15-5-7(2)11(14)13-10/h3-4,7H,5H2,1-2H3,(H,13,14)/t7-/m0/s1. The lowest BCUT2D eigenvalue weighted by Crippen LogP contribution is -2.22. The van der Waals surface area contributed by atoms with Crippen LogP contribution < -0.4 is 10.1 Å². The molecular formula is C11H12FNO2. The van der Waals surface area contributed by atoms with E-state index in [2.05, 4.69) is 5.32 Å². The summed E-state index contributed by atoms with van der Waals surface area (Å²) in [6.45, 7) is 3.80. The normalized spacial score (nSPS) is 19.9. The maximum absolute atomic E-state index is 13.5. The zero-order valence-electron chi connectivity index (χ0n) is 8.63. The van der Waals surface area contributed by atoms with Crippen LogP contribution in [-0.2, 0) is 4.79 Å². The van der Waals surface area contributed by atoms with Gasteiger partial charge in [-0.1, -0.05) is 6.92 Å². The van der Waals surface area contributed by atoms with E-state index in [0.29, 0.717) is 5.75 Å². The lowest BCUT2D eigenvalue weighted by Gasteiger charge is -2.08. The molecule has 0 aliphatic carbocycles. The fraction of sp³-hybridized carbons (Fsp3) is 0.364. The van der Waals surface area contributed by atoms with Crippen molar-refractivity contribution < 1.29 is 13.9 Å². The van der Waals surface area contributed by atoms with Crippen LogP contribution >= 0.6 is 0 Å². The molecule has 1 aliphatic heterocycles. The Balaban J connectivity index is 2.47. The van der Waals surface area contributed by atoms with E-state index >= 15 is 0 Å². The van der Waals surface area contributed by atoms with Crippen molar-refractivity contribution in [2.75, 3.05) is 11.9 Å². The van der Waals surface area contributed by atoms with E-state index in [9.17, 15) is 9.18 Å². The van der Waals surface area contributed by atoms with E-state index in [1.165, 1.54) is 6.07 Å². The molecule has 1 N–H and O–H groups in total. The summed E-state index contributed by atoms with van der Waals surface area (Å²) in [6, 6.07) is 3.09. The highest BCUT2D eigenvalue weighted by molar-refractivity contribution is 5.94. The lowest BCUT2D eigenvalue weighted by atomic mass is 10.2. The first kappa shape index (κ1) is 9.96. The SMILES string of the molecule is Cc1cc(F)c2c(c1)OC[C@H](C)C(=O)N2. The Kier molecular flexibility index (Phi) is 2.34. The van der Waals surface area contributed by atoms with Gasteiger partial charge >= 0.3 is 0 Å². The maximum Gasteiger partial charge on any atom is 0.230 e. The number of amides is 1. The number of aryl methyl sites for hydroxylation is 1. The molecule has 0 radical (unpaired) electrons. The van der Waals surface area contributed by atoms with Crippen LogP contribution in [0.4, 0.5) is 10.1 Å². The van der Waals surface area contributed by atoms with E-state index in [0.717, 1.165) is 5.56 Å². The predicted molar refractivity (Wildman–Crippen MR) is 54.4 cm³/mol. The van der Waals surface area contributed by atoms with Gasteiger partial charge in [-0.2, -0.15) is 0 Å². The molecule has 3 nitrogen and oxygen atoms in total. The average molecular weight is 209 g/mol. The Morgan fingerprint density at radius 3 is 3.00 bits per heavy atom. The summed E-state index contributed by atoms with van der Waals surface area (Å²) in [4.78, 5) is 11.5. The number of halogens is 1. The van der Waals surface area contributed by atoms with Crippen LogP contribution in [0.15, 0.2) is 12.1 Å². The van der Waals surface area contributed by atoms with Crippen LogP contribution in [0, 0.1) is 18.7 Å². The molecule has 80 valence electrons. The molecule has 1 aliphatic rings. The Hall–Kier alpha value is -1.58. The molecule has 0 saturated heterocycles. The molecule has 15 heavy (non-hydrogen) atoms. The summed E-state index contributed by atoms with van der Waals surface area (Å²) >= 11 is 0. The van der Waals surface area contributed by atoms with Gasteiger partial charge in [0.1, 0.15) is 11.4 Å². The zero-order chi connectivity index (χ0) is 11.0. The third-order valence-corrected chi connectivity index (χ3v) is 2.38. The minimum atomic E-state index is -0.451. The number of carbonyl (C=O) groups excluding carboxylic acids is 1. The Morgan fingerprint density at radius 2 is 2.27 bits per heavy atom. The summed E-state index contributed by atoms with van der Waals surface area (Å²) in [5.74, 6) is -0.522. The average Bonchev–Trinajstić information content (AvgIpc) is 2.30. The third kappa shape index (κ3) is 1.79. The van der Waals surface area contributed by atoms with Crippen molar-refractivity contribution in [1.82, 2.24) is 0 Å². The van der Waals surface area contributed by atoms with Crippen molar-refractivity contribution in [2.45, 2.75) is 13.8 Å². The molecule has 0 fully saturated rings. The van der Waals surface area contributed by atoms with Gasteiger partial charge in [0.2, 0.25) is 5.91 Å². The summed E-state index contributed by atoms with van der Waals surface area (Å²) < 4.78 is 18.9. The van der Waals surface area contributed by atoms with Gasteiger partial charge in [-0.05, 0) is 24.6 Å². The summed E-state index contributed by atoms with van der Waals surface area (Å²) in [5, 5.41) is 2.53. The molecule has 0 bridgehead atoms. The highest BCUT2D eigenvalue weighted by Gasteiger charge is 2.23. The number of nitrogens with one attached hydrogen (secondary N) is 1. The quantitative estimate of drug-likeness (QED) is 0.710. The van der Waals surface area contributed by atoms with Gasteiger partial charge in [-0.15, -0.1) is 0 Å². The number of carbonyl (C=O) groups is 1. The van der Waals surface area contributed by atoms with Gasteiger partial charge in [0.25, 0.3) is 0 Å². The van der Waals surface area contributed by atoms with Crippen LogP contribution in [0.25, 0.3) is 0 Å². The molecule has 1 heterocycles. The van der Waals surface area contributed by atoms with E-state index in [4.69, 9.17) is 4.74 Å². The number of fused-ring (bicyclic) bond motifs is 1. The van der Waals surface area contributed by atoms with Crippen molar-refractivity contribution in [3.63, 3.8) is 0 Å². The zero-order valence-corrected chi connectivity index (χ0v) is 8.63. The highest BCUT2D eigenvalue weighted by atomic mass is 19.1. The fourth-order valence-corrected chi connectivity index (χ4v) is 1.48. The van der Waals surface area contributed by atoms with Crippen LogP contribution in [0.1, 0.15) is 12.5 Å². The molecule has 0 aromatic heterocycles. The Labute approximate surface area is 87.2 Å². The molecule has 1 aromatic rings. The molecule has 4 heteroatoms. The number of rotatable bonds is 0. The van der Waals surface area contributed by atoms with E-state index in [1.54, 1.807) is 19.9 Å². The minimum absolute atomic E-state index is 0.148. The third-order valence-electron chi connectivity index (χ3n) is 2.38. The number of benzene rings is 1. The second-order valence-electron chi connectivity index (χ2n) is 3.82. The van der Waals surface area contributed by atoms with Crippen molar-refractivity contribution >= 4 is 11.6 Å². The molecule has 0 unspecified atom stereocenters. The van der Waals surface area contributed by atoms with Crippen molar-refractivity contribution in [3.05, 3.63) is 23.5 Å². The Morgan fingerprint density at radius 1 is 1.53 bits per heavy atom. The lowest BCUT2D eigenvalue weighted by molar-refractivity contribution is -0.119. The van der Waals surface area contributed by atoms with Gasteiger partial charge in [-0.3, -0.25) is 4.79 Å². The fourth-order valence-electron chi connectivity index (χ4n) is 1.48. The molecule has 1 aromatic carbocycles. The number of ether oxygens (including phenoxy) is 1. The van der Waals surface area contributed by atoms with Gasteiger partial charge in [0.15, 0.2) is 5.82 Å². The Bertz CT molecular complexity index is 417. The summed E-state index contributed by atoms with van der Waals surface area (Å²) in [6.07, 6.45) is 0. The maximum atomic E-state index is 13.5. The highest BCUT2D eigenvalue weighted by Crippen LogP contribution is 2.31. The number of hydrogen-bond donors (Lipinski definition) is 1.